The van der Waals surface area contributed by atoms with Gasteiger partial charge in [0.25, 0.3) is 0 Å². The third-order valence-electron chi connectivity index (χ3n) is 4.11. The SMILES string of the molecule is Fc1ccccc1CCNc1ccnc(Nc2ccc3c(c2)OCCO3)n1. The van der Waals surface area contributed by atoms with Gasteiger partial charge in [-0.05, 0) is 36.2 Å². The number of benzene rings is 2. The van der Waals surface area contributed by atoms with E-state index < -0.39 is 0 Å². The van der Waals surface area contributed by atoms with Gasteiger partial charge in [0.15, 0.2) is 11.5 Å². The fourth-order valence-corrected chi connectivity index (χ4v) is 2.79. The number of hydrogen-bond donors (Lipinski definition) is 2. The van der Waals surface area contributed by atoms with Crippen LogP contribution >= 0.6 is 0 Å². The molecule has 0 saturated heterocycles. The number of nitrogens with zero attached hydrogens (tertiary/aromatic N) is 2. The van der Waals surface area contributed by atoms with Crippen LogP contribution in [0.4, 0.5) is 21.8 Å². The first kappa shape index (κ1) is 17.1. The molecular formula is C20H19FN4O2. The van der Waals surface area contributed by atoms with Crippen molar-refractivity contribution < 1.29 is 13.9 Å². The highest BCUT2D eigenvalue weighted by molar-refractivity contribution is 5.60. The van der Waals surface area contributed by atoms with Crippen molar-refractivity contribution in [1.82, 2.24) is 9.97 Å². The monoisotopic (exact) mass is 366 g/mol. The summed E-state index contributed by atoms with van der Waals surface area (Å²) in [5.41, 5.74) is 1.48. The molecule has 0 saturated carbocycles. The van der Waals surface area contributed by atoms with Crippen molar-refractivity contribution in [3.8, 4) is 11.5 Å². The lowest BCUT2D eigenvalue weighted by molar-refractivity contribution is 0.171. The molecule has 0 spiro atoms. The molecule has 0 radical (unpaired) electrons. The van der Waals surface area contributed by atoms with Gasteiger partial charge in [-0.25, -0.2) is 9.37 Å². The molecule has 4 rings (SSSR count). The normalized spacial score (nSPS) is 12.5. The van der Waals surface area contributed by atoms with E-state index in [2.05, 4.69) is 20.6 Å². The molecule has 1 aromatic heterocycles. The fraction of sp³-hybridized carbons (Fsp3) is 0.200. The first-order chi connectivity index (χ1) is 13.3. The van der Waals surface area contributed by atoms with Gasteiger partial charge in [0, 0.05) is 24.5 Å². The topological polar surface area (TPSA) is 68.3 Å². The lowest BCUT2D eigenvalue weighted by atomic mass is 10.1. The quantitative estimate of drug-likeness (QED) is 0.692. The smallest absolute Gasteiger partial charge is 0.229 e. The van der Waals surface area contributed by atoms with Crippen LogP contribution in [0.3, 0.4) is 0 Å². The summed E-state index contributed by atoms with van der Waals surface area (Å²) in [5.74, 6) is 2.37. The van der Waals surface area contributed by atoms with Gasteiger partial charge in [-0.3, -0.25) is 0 Å². The van der Waals surface area contributed by atoms with Crippen LogP contribution in [0.2, 0.25) is 0 Å². The Hall–Kier alpha value is -3.35. The molecule has 1 aliphatic rings. The minimum absolute atomic E-state index is 0.192. The Morgan fingerprint density at radius 3 is 2.74 bits per heavy atom. The standard InChI is InChI=1S/C20H19FN4O2/c21-16-4-2-1-3-14(16)7-9-22-19-8-10-23-20(25-19)24-15-5-6-17-18(13-15)27-12-11-26-17/h1-6,8,10,13H,7,9,11-12H2,(H2,22,23,24,25). The van der Waals surface area contributed by atoms with Gasteiger partial charge in [-0.2, -0.15) is 4.98 Å². The van der Waals surface area contributed by atoms with E-state index in [0.29, 0.717) is 49.3 Å². The maximum atomic E-state index is 13.7. The van der Waals surface area contributed by atoms with Crippen LogP contribution in [0.25, 0.3) is 0 Å². The van der Waals surface area contributed by atoms with Gasteiger partial charge in [-0.1, -0.05) is 18.2 Å². The van der Waals surface area contributed by atoms with Crippen molar-refractivity contribution in [3.63, 3.8) is 0 Å². The minimum Gasteiger partial charge on any atom is -0.486 e. The van der Waals surface area contributed by atoms with Crippen LogP contribution in [-0.4, -0.2) is 29.7 Å². The number of rotatable bonds is 6. The van der Waals surface area contributed by atoms with Crippen LogP contribution in [0.1, 0.15) is 5.56 Å². The molecule has 3 aromatic rings. The van der Waals surface area contributed by atoms with Gasteiger partial charge in [-0.15, -0.1) is 0 Å². The predicted octanol–water partition coefficient (Wildman–Crippen LogP) is 3.79. The Labute approximate surface area is 156 Å². The number of ether oxygens (including phenoxy) is 2. The zero-order chi connectivity index (χ0) is 18.5. The van der Waals surface area contributed by atoms with E-state index in [4.69, 9.17) is 9.47 Å². The summed E-state index contributed by atoms with van der Waals surface area (Å²) in [6.07, 6.45) is 2.24. The molecule has 138 valence electrons. The third kappa shape index (κ3) is 4.25. The molecule has 1 aliphatic heterocycles. The van der Waals surface area contributed by atoms with Gasteiger partial charge >= 0.3 is 0 Å². The summed E-state index contributed by atoms with van der Waals surface area (Å²) in [5, 5.41) is 6.35. The second-order valence-corrected chi connectivity index (χ2v) is 6.02. The highest BCUT2D eigenvalue weighted by Crippen LogP contribution is 2.33. The lowest BCUT2D eigenvalue weighted by Gasteiger charge is -2.19. The average molecular weight is 366 g/mol. The first-order valence-electron chi connectivity index (χ1n) is 8.75. The molecule has 0 amide bonds. The maximum absolute atomic E-state index is 13.7. The molecule has 7 heteroatoms. The Bertz CT molecular complexity index is 935. The molecule has 0 bridgehead atoms. The fourth-order valence-electron chi connectivity index (χ4n) is 2.79. The van der Waals surface area contributed by atoms with Crippen LogP contribution in [0.15, 0.2) is 54.7 Å². The molecule has 2 aromatic carbocycles. The van der Waals surface area contributed by atoms with E-state index in [-0.39, 0.29) is 5.82 Å². The van der Waals surface area contributed by atoms with Crippen LogP contribution < -0.4 is 20.1 Å². The van der Waals surface area contributed by atoms with E-state index in [0.717, 1.165) is 11.4 Å². The molecule has 6 nitrogen and oxygen atoms in total. The molecule has 2 heterocycles. The summed E-state index contributed by atoms with van der Waals surface area (Å²) < 4.78 is 24.8. The summed E-state index contributed by atoms with van der Waals surface area (Å²) in [4.78, 5) is 8.67. The predicted molar refractivity (Wildman–Crippen MR) is 101 cm³/mol. The van der Waals surface area contributed by atoms with Gasteiger partial charge < -0.3 is 20.1 Å². The molecule has 0 unspecified atom stereocenters. The number of nitrogens with one attached hydrogen (secondary N) is 2. The van der Waals surface area contributed by atoms with Gasteiger partial charge in [0.1, 0.15) is 24.8 Å². The molecule has 0 aliphatic carbocycles. The zero-order valence-electron chi connectivity index (χ0n) is 14.6. The van der Waals surface area contributed by atoms with Gasteiger partial charge in [0.2, 0.25) is 5.95 Å². The molecule has 0 atom stereocenters. The van der Waals surface area contributed by atoms with Crippen LogP contribution in [0.5, 0.6) is 11.5 Å². The minimum atomic E-state index is -0.192. The summed E-state index contributed by atoms with van der Waals surface area (Å²) in [7, 11) is 0. The van der Waals surface area contributed by atoms with E-state index in [1.54, 1.807) is 24.4 Å². The second kappa shape index (κ2) is 7.90. The van der Waals surface area contributed by atoms with Crippen molar-refractivity contribution in [3.05, 3.63) is 66.1 Å². The number of halogens is 1. The van der Waals surface area contributed by atoms with E-state index in [1.807, 2.05) is 24.3 Å². The Kier molecular flexibility index (Phi) is 5.00. The molecular weight excluding hydrogens is 347 g/mol. The van der Waals surface area contributed by atoms with E-state index in [9.17, 15) is 4.39 Å². The lowest BCUT2D eigenvalue weighted by Crippen LogP contribution is -2.15. The van der Waals surface area contributed by atoms with E-state index in [1.165, 1.54) is 6.07 Å². The number of aromatic nitrogens is 2. The van der Waals surface area contributed by atoms with Crippen LogP contribution in [-0.2, 0) is 6.42 Å². The highest BCUT2D eigenvalue weighted by Gasteiger charge is 2.12. The Balaban J connectivity index is 1.38. The summed E-state index contributed by atoms with van der Waals surface area (Å²) in [6, 6.07) is 14.1. The average Bonchev–Trinajstić information content (AvgIpc) is 2.70. The highest BCUT2D eigenvalue weighted by atomic mass is 19.1. The van der Waals surface area contributed by atoms with Crippen molar-refractivity contribution >= 4 is 17.5 Å². The largest absolute Gasteiger partial charge is 0.486 e. The first-order valence-corrected chi connectivity index (χ1v) is 8.75. The Morgan fingerprint density at radius 2 is 1.85 bits per heavy atom. The molecule has 0 fully saturated rings. The summed E-state index contributed by atoms with van der Waals surface area (Å²) >= 11 is 0. The van der Waals surface area contributed by atoms with E-state index >= 15 is 0 Å². The second-order valence-electron chi connectivity index (χ2n) is 6.02. The van der Waals surface area contributed by atoms with Crippen LogP contribution in [0, 0.1) is 5.82 Å². The molecule has 2 N–H and O–H groups in total. The van der Waals surface area contributed by atoms with Crippen molar-refractivity contribution in [2.24, 2.45) is 0 Å². The zero-order valence-corrected chi connectivity index (χ0v) is 14.6. The molecule has 27 heavy (non-hydrogen) atoms. The van der Waals surface area contributed by atoms with Crippen molar-refractivity contribution in [1.29, 1.82) is 0 Å². The number of fused-ring (bicyclic) bond motifs is 1. The maximum Gasteiger partial charge on any atom is 0.229 e. The third-order valence-corrected chi connectivity index (χ3v) is 4.11. The Morgan fingerprint density at radius 1 is 1.00 bits per heavy atom. The van der Waals surface area contributed by atoms with Crippen molar-refractivity contribution in [2.45, 2.75) is 6.42 Å². The summed E-state index contributed by atoms with van der Waals surface area (Å²) in [6.45, 7) is 1.67. The van der Waals surface area contributed by atoms with Crippen molar-refractivity contribution in [2.75, 3.05) is 30.4 Å². The number of anilines is 3. The number of hydrogen-bond acceptors (Lipinski definition) is 6. The van der Waals surface area contributed by atoms with Gasteiger partial charge in [0.05, 0.1) is 0 Å².